The van der Waals surface area contributed by atoms with Crippen LogP contribution in [0.2, 0.25) is 0 Å². The number of thiocarbonyl (C=S) groups is 1. The lowest BCUT2D eigenvalue weighted by atomic mass is 10.1. The van der Waals surface area contributed by atoms with Gasteiger partial charge in [0.05, 0.1) is 4.99 Å². The SMILES string of the molecule is NC(=S)C(CN(CC1CC1)CC1CC1)C(F)(F)F. The van der Waals surface area contributed by atoms with Crippen LogP contribution >= 0.6 is 12.2 Å². The van der Waals surface area contributed by atoms with Crippen LogP contribution in [0.4, 0.5) is 13.2 Å². The molecule has 2 rings (SSSR count). The molecule has 18 heavy (non-hydrogen) atoms. The molecule has 0 bridgehead atoms. The second-order valence-corrected chi connectivity index (χ2v) is 6.07. The Kier molecular flexibility index (Phi) is 4.16. The minimum Gasteiger partial charge on any atom is -0.393 e. The van der Waals surface area contributed by atoms with Crippen LogP contribution < -0.4 is 5.73 Å². The van der Waals surface area contributed by atoms with E-state index in [1.807, 2.05) is 4.90 Å². The van der Waals surface area contributed by atoms with E-state index >= 15 is 0 Å². The summed E-state index contributed by atoms with van der Waals surface area (Å²) in [6.45, 7) is 1.48. The van der Waals surface area contributed by atoms with Gasteiger partial charge in [-0.3, -0.25) is 0 Å². The second-order valence-electron chi connectivity index (χ2n) is 5.60. The fourth-order valence-corrected chi connectivity index (χ4v) is 2.38. The number of halogens is 3. The average Bonchev–Trinajstić information content (AvgIpc) is 3.05. The molecule has 0 aromatic heterocycles. The van der Waals surface area contributed by atoms with Gasteiger partial charge in [0.2, 0.25) is 0 Å². The van der Waals surface area contributed by atoms with Gasteiger partial charge in [-0.2, -0.15) is 13.2 Å². The van der Waals surface area contributed by atoms with Gasteiger partial charge in [0, 0.05) is 19.6 Å². The molecule has 0 aromatic carbocycles. The van der Waals surface area contributed by atoms with Crippen LogP contribution in [0.5, 0.6) is 0 Å². The van der Waals surface area contributed by atoms with E-state index in [9.17, 15) is 13.2 Å². The van der Waals surface area contributed by atoms with Crippen LogP contribution in [0.1, 0.15) is 25.7 Å². The highest BCUT2D eigenvalue weighted by Gasteiger charge is 2.43. The molecule has 2 nitrogen and oxygen atoms in total. The van der Waals surface area contributed by atoms with Crippen molar-refractivity contribution < 1.29 is 13.2 Å². The van der Waals surface area contributed by atoms with E-state index in [2.05, 4.69) is 12.2 Å². The van der Waals surface area contributed by atoms with Gasteiger partial charge in [-0.1, -0.05) is 12.2 Å². The summed E-state index contributed by atoms with van der Waals surface area (Å²) < 4.78 is 38.5. The van der Waals surface area contributed by atoms with Gasteiger partial charge in [-0.05, 0) is 37.5 Å². The number of nitrogens with zero attached hydrogens (tertiary/aromatic N) is 1. The van der Waals surface area contributed by atoms with Crippen molar-refractivity contribution in [1.82, 2.24) is 4.90 Å². The molecule has 0 amide bonds. The molecule has 2 aliphatic carbocycles. The molecule has 0 aromatic rings. The lowest BCUT2D eigenvalue weighted by molar-refractivity contribution is -0.159. The molecule has 1 unspecified atom stereocenters. The third-order valence-corrected chi connectivity index (χ3v) is 3.89. The minimum atomic E-state index is -4.32. The molecule has 6 heteroatoms. The molecule has 0 heterocycles. The van der Waals surface area contributed by atoms with E-state index < -0.39 is 17.1 Å². The topological polar surface area (TPSA) is 29.3 Å². The first kappa shape index (κ1) is 14.1. The van der Waals surface area contributed by atoms with E-state index in [1.54, 1.807) is 0 Å². The molecular formula is C12H19F3N2S. The Hall–Kier alpha value is -0.360. The number of nitrogens with two attached hydrogens (primary N) is 1. The minimum absolute atomic E-state index is 0.0637. The van der Waals surface area contributed by atoms with Gasteiger partial charge >= 0.3 is 6.18 Å². The number of rotatable bonds is 7. The zero-order valence-corrected chi connectivity index (χ0v) is 11.1. The lowest BCUT2D eigenvalue weighted by Gasteiger charge is -2.28. The predicted molar refractivity (Wildman–Crippen MR) is 68.2 cm³/mol. The Morgan fingerprint density at radius 1 is 1.17 bits per heavy atom. The van der Waals surface area contributed by atoms with Crippen molar-refractivity contribution in [3.63, 3.8) is 0 Å². The van der Waals surface area contributed by atoms with Gasteiger partial charge in [-0.15, -0.1) is 0 Å². The Morgan fingerprint density at radius 3 is 1.89 bits per heavy atom. The molecule has 2 N–H and O–H groups in total. The zero-order valence-electron chi connectivity index (χ0n) is 10.2. The summed E-state index contributed by atoms with van der Waals surface area (Å²) in [6, 6.07) is 0. The highest BCUT2D eigenvalue weighted by Crippen LogP contribution is 2.35. The largest absolute Gasteiger partial charge is 0.399 e. The van der Waals surface area contributed by atoms with Crippen molar-refractivity contribution in [2.45, 2.75) is 31.9 Å². The smallest absolute Gasteiger partial charge is 0.393 e. The monoisotopic (exact) mass is 280 g/mol. The quantitative estimate of drug-likeness (QED) is 0.727. The van der Waals surface area contributed by atoms with Crippen LogP contribution in [0.3, 0.4) is 0 Å². The standard InChI is InChI=1S/C12H19F3N2S/c13-12(14,15)10(11(16)18)7-17(5-8-1-2-8)6-9-3-4-9/h8-10H,1-7H2,(H2,16,18). The lowest BCUT2D eigenvalue weighted by Crippen LogP contribution is -2.44. The molecule has 1 atom stereocenters. The van der Waals surface area contributed by atoms with Gasteiger partial charge < -0.3 is 10.6 Å². The number of hydrogen-bond acceptors (Lipinski definition) is 2. The summed E-state index contributed by atoms with van der Waals surface area (Å²) in [5, 5.41) is 0. The maximum atomic E-state index is 12.8. The van der Waals surface area contributed by atoms with Crippen LogP contribution in [0.25, 0.3) is 0 Å². The van der Waals surface area contributed by atoms with Crippen LogP contribution in [-0.4, -0.2) is 35.7 Å². The van der Waals surface area contributed by atoms with E-state index in [1.165, 1.54) is 0 Å². The molecular weight excluding hydrogens is 261 g/mol. The number of alkyl halides is 3. The molecule has 0 aliphatic heterocycles. The fourth-order valence-electron chi connectivity index (χ4n) is 2.17. The molecule has 2 aliphatic rings. The second kappa shape index (κ2) is 5.33. The van der Waals surface area contributed by atoms with Gasteiger partial charge in [0.25, 0.3) is 0 Å². The molecule has 0 saturated heterocycles. The molecule has 0 radical (unpaired) electrons. The van der Waals surface area contributed by atoms with Crippen LogP contribution in [0, 0.1) is 17.8 Å². The summed E-state index contributed by atoms with van der Waals surface area (Å²) in [7, 11) is 0. The summed E-state index contributed by atoms with van der Waals surface area (Å²) in [5.74, 6) is -0.488. The molecule has 2 saturated carbocycles. The average molecular weight is 280 g/mol. The summed E-state index contributed by atoms with van der Waals surface area (Å²) in [4.78, 5) is 1.49. The van der Waals surface area contributed by atoms with Crippen molar-refractivity contribution in [3.05, 3.63) is 0 Å². The van der Waals surface area contributed by atoms with Crippen molar-refractivity contribution in [2.75, 3.05) is 19.6 Å². The first-order valence-corrected chi connectivity index (χ1v) is 6.85. The third kappa shape index (κ3) is 4.39. The maximum absolute atomic E-state index is 12.8. The Labute approximate surface area is 111 Å². The third-order valence-electron chi connectivity index (χ3n) is 3.61. The summed E-state index contributed by atoms with van der Waals surface area (Å²) in [6.07, 6.45) is 0.253. The fraction of sp³-hybridized carbons (Fsp3) is 0.917. The van der Waals surface area contributed by atoms with Crippen LogP contribution in [-0.2, 0) is 0 Å². The van der Waals surface area contributed by atoms with Crippen molar-refractivity contribution in [2.24, 2.45) is 23.5 Å². The van der Waals surface area contributed by atoms with Gasteiger partial charge in [0.15, 0.2) is 0 Å². The highest BCUT2D eigenvalue weighted by atomic mass is 32.1. The van der Waals surface area contributed by atoms with Gasteiger partial charge in [-0.25, -0.2) is 0 Å². The summed E-state index contributed by atoms with van der Waals surface area (Å²) >= 11 is 4.57. The summed E-state index contributed by atoms with van der Waals surface area (Å²) in [5.41, 5.74) is 5.25. The van der Waals surface area contributed by atoms with E-state index in [0.717, 1.165) is 38.8 Å². The predicted octanol–water partition coefficient (Wildman–Crippen LogP) is 2.57. The molecule has 2 fully saturated rings. The van der Waals surface area contributed by atoms with E-state index in [4.69, 9.17) is 5.73 Å². The first-order chi connectivity index (χ1) is 8.36. The molecule has 0 spiro atoms. The van der Waals surface area contributed by atoms with E-state index in [0.29, 0.717) is 11.8 Å². The van der Waals surface area contributed by atoms with Crippen molar-refractivity contribution in [1.29, 1.82) is 0 Å². The Bertz CT molecular complexity index is 297. The number of hydrogen-bond donors (Lipinski definition) is 1. The first-order valence-electron chi connectivity index (χ1n) is 6.44. The maximum Gasteiger partial charge on any atom is 0.399 e. The highest BCUT2D eigenvalue weighted by molar-refractivity contribution is 7.80. The normalized spacial score (nSPS) is 22.2. The van der Waals surface area contributed by atoms with Crippen molar-refractivity contribution in [3.8, 4) is 0 Å². The van der Waals surface area contributed by atoms with Crippen LogP contribution in [0.15, 0.2) is 0 Å². The zero-order chi connectivity index (χ0) is 13.3. The van der Waals surface area contributed by atoms with Crippen molar-refractivity contribution >= 4 is 17.2 Å². The van der Waals surface area contributed by atoms with E-state index in [-0.39, 0.29) is 6.54 Å². The Balaban J connectivity index is 1.92. The Morgan fingerprint density at radius 2 is 1.61 bits per heavy atom. The molecule has 104 valence electrons. The van der Waals surface area contributed by atoms with Gasteiger partial charge in [0.1, 0.15) is 5.92 Å².